The maximum atomic E-state index is 12.5. The SMILES string of the molecule is O=C(Nc1cccc(C2SCCCS2)c1)c1cn(Cc2ccccc2)nn1. The first-order valence-corrected chi connectivity index (χ1v) is 11.0. The number of aromatic nitrogens is 3. The van der Waals surface area contributed by atoms with Gasteiger partial charge in [-0.05, 0) is 41.2 Å². The van der Waals surface area contributed by atoms with Crippen LogP contribution < -0.4 is 5.32 Å². The molecule has 27 heavy (non-hydrogen) atoms. The fourth-order valence-electron chi connectivity index (χ4n) is 2.89. The maximum Gasteiger partial charge on any atom is 0.277 e. The highest BCUT2D eigenvalue weighted by molar-refractivity contribution is 8.16. The molecule has 0 atom stereocenters. The number of nitrogens with one attached hydrogen (secondary N) is 1. The lowest BCUT2D eigenvalue weighted by atomic mass is 10.2. The van der Waals surface area contributed by atoms with Gasteiger partial charge in [-0.15, -0.1) is 28.6 Å². The van der Waals surface area contributed by atoms with Crippen molar-refractivity contribution in [2.75, 3.05) is 16.8 Å². The average molecular weight is 397 g/mol. The van der Waals surface area contributed by atoms with E-state index in [9.17, 15) is 4.79 Å². The molecule has 3 aromatic rings. The molecule has 7 heteroatoms. The molecule has 4 rings (SSSR count). The van der Waals surface area contributed by atoms with E-state index in [4.69, 9.17) is 0 Å². The van der Waals surface area contributed by atoms with Gasteiger partial charge in [0.1, 0.15) is 0 Å². The number of amides is 1. The number of nitrogens with zero attached hydrogens (tertiary/aromatic N) is 3. The highest BCUT2D eigenvalue weighted by Crippen LogP contribution is 2.44. The van der Waals surface area contributed by atoms with Crippen LogP contribution in [-0.2, 0) is 6.54 Å². The molecule has 1 aliphatic heterocycles. The predicted molar refractivity (Wildman–Crippen MR) is 112 cm³/mol. The Bertz CT molecular complexity index is 907. The smallest absolute Gasteiger partial charge is 0.277 e. The van der Waals surface area contributed by atoms with Gasteiger partial charge in [0.05, 0.1) is 17.3 Å². The second-order valence-corrected chi connectivity index (χ2v) is 9.02. The minimum absolute atomic E-state index is 0.240. The lowest BCUT2D eigenvalue weighted by Gasteiger charge is -2.21. The Morgan fingerprint density at radius 2 is 1.93 bits per heavy atom. The summed E-state index contributed by atoms with van der Waals surface area (Å²) in [5.74, 6) is 2.15. The number of carbonyl (C=O) groups is 1. The van der Waals surface area contributed by atoms with Crippen molar-refractivity contribution in [2.45, 2.75) is 17.5 Å². The monoisotopic (exact) mass is 396 g/mol. The van der Waals surface area contributed by atoms with E-state index in [1.807, 2.05) is 66.0 Å². The molecule has 0 bridgehead atoms. The van der Waals surface area contributed by atoms with Gasteiger partial charge in [0.2, 0.25) is 0 Å². The summed E-state index contributed by atoms with van der Waals surface area (Å²) in [6.07, 6.45) is 2.94. The van der Waals surface area contributed by atoms with Gasteiger partial charge in [0, 0.05) is 5.69 Å². The average Bonchev–Trinajstić information content (AvgIpc) is 3.18. The third-order valence-electron chi connectivity index (χ3n) is 4.20. The van der Waals surface area contributed by atoms with Gasteiger partial charge in [0.15, 0.2) is 5.69 Å². The Labute approximate surface area is 166 Å². The van der Waals surface area contributed by atoms with E-state index in [-0.39, 0.29) is 5.91 Å². The fraction of sp³-hybridized carbons (Fsp3) is 0.250. The van der Waals surface area contributed by atoms with Crippen LogP contribution in [0.2, 0.25) is 0 Å². The Kier molecular flexibility index (Phi) is 5.79. The molecular weight excluding hydrogens is 376 g/mol. The largest absolute Gasteiger partial charge is 0.321 e. The zero-order valence-corrected chi connectivity index (χ0v) is 16.4. The van der Waals surface area contributed by atoms with Crippen molar-refractivity contribution in [3.05, 3.63) is 77.6 Å². The van der Waals surface area contributed by atoms with E-state index < -0.39 is 0 Å². The van der Waals surface area contributed by atoms with Gasteiger partial charge in [0.25, 0.3) is 5.91 Å². The van der Waals surface area contributed by atoms with Crippen molar-refractivity contribution < 1.29 is 4.79 Å². The summed E-state index contributed by atoms with van der Waals surface area (Å²) in [6.45, 7) is 0.590. The third-order valence-corrected chi connectivity index (χ3v) is 7.22. The first-order valence-electron chi connectivity index (χ1n) is 8.86. The van der Waals surface area contributed by atoms with Crippen molar-refractivity contribution >= 4 is 35.1 Å². The molecule has 1 aromatic heterocycles. The van der Waals surface area contributed by atoms with Crippen molar-refractivity contribution in [1.82, 2.24) is 15.0 Å². The quantitative estimate of drug-likeness (QED) is 0.690. The number of rotatable bonds is 5. The molecule has 138 valence electrons. The Balaban J connectivity index is 1.42. The molecular formula is C20H20N4OS2. The van der Waals surface area contributed by atoms with Gasteiger partial charge in [-0.3, -0.25) is 4.79 Å². The minimum Gasteiger partial charge on any atom is -0.321 e. The number of hydrogen-bond acceptors (Lipinski definition) is 5. The first-order chi connectivity index (χ1) is 13.3. The molecule has 0 radical (unpaired) electrons. The summed E-state index contributed by atoms with van der Waals surface area (Å²) in [5, 5.41) is 11.0. The second-order valence-electron chi connectivity index (χ2n) is 6.29. The standard InChI is InChI=1S/C20H20N4OS2/c25-19(18-14-24(23-22-18)13-15-6-2-1-3-7-15)21-17-9-4-8-16(12-17)20-26-10-5-11-27-20/h1-4,6-9,12,14,20H,5,10-11,13H2,(H,21,25). The molecule has 1 fully saturated rings. The Morgan fingerprint density at radius 1 is 1.11 bits per heavy atom. The lowest BCUT2D eigenvalue weighted by molar-refractivity contribution is 0.102. The van der Waals surface area contributed by atoms with E-state index in [0.29, 0.717) is 16.8 Å². The van der Waals surface area contributed by atoms with E-state index >= 15 is 0 Å². The fourth-order valence-corrected chi connectivity index (χ4v) is 5.76. The lowest BCUT2D eigenvalue weighted by Crippen LogP contribution is -2.12. The second kappa shape index (κ2) is 8.63. The third kappa shape index (κ3) is 4.73. The van der Waals surface area contributed by atoms with Crippen molar-refractivity contribution in [1.29, 1.82) is 0 Å². The van der Waals surface area contributed by atoms with Gasteiger partial charge >= 0.3 is 0 Å². The van der Waals surface area contributed by atoms with Crippen LogP contribution in [0.15, 0.2) is 60.8 Å². The van der Waals surface area contributed by atoms with Crippen LogP contribution in [0.3, 0.4) is 0 Å². The highest BCUT2D eigenvalue weighted by atomic mass is 32.2. The van der Waals surface area contributed by atoms with Crippen molar-refractivity contribution in [3.8, 4) is 0 Å². The summed E-state index contributed by atoms with van der Waals surface area (Å²) >= 11 is 3.94. The Morgan fingerprint density at radius 3 is 2.74 bits per heavy atom. The van der Waals surface area contributed by atoms with E-state index in [1.165, 1.54) is 23.5 Å². The molecule has 1 aliphatic rings. The molecule has 2 heterocycles. The molecule has 1 N–H and O–H groups in total. The molecule has 1 saturated heterocycles. The normalized spacial score (nSPS) is 14.8. The number of benzene rings is 2. The van der Waals surface area contributed by atoms with Crippen molar-refractivity contribution in [3.63, 3.8) is 0 Å². The highest BCUT2D eigenvalue weighted by Gasteiger charge is 2.17. The molecule has 1 amide bonds. The predicted octanol–water partition coefficient (Wildman–Crippen LogP) is 4.45. The maximum absolute atomic E-state index is 12.5. The molecule has 0 aliphatic carbocycles. The summed E-state index contributed by atoms with van der Waals surface area (Å²) in [7, 11) is 0. The van der Waals surface area contributed by atoms with Crippen molar-refractivity contribution in [2.24, 2.45) is 0 Å². The van der Waals surface area contributed by atoms with E-state index in [0.717, 1.165) is 11.3 Å². The number of thioether (sulfide) groups is 2. The summed E-state index contributed by atoms with van der Waals surface area (Å²) < 4.78 is 2.12. The zero-order chi connectivity index (χ0) is 18.5. The van der Waals surface area contributed by atoms with Crippen LogP contribution in [0.1, 0.15) is 32.6 Å². The topological polar surface area (TPSA) is 59.8 Å². The molecule has 5 nitrogen and oxygen atoms in total. The molecule has 0 spiro atoms. The molecule has 0 unspecified atom stereocenters. The minimum atomic E-state index is -0.240. The summed E-state index contributed by atoms with van der Waals surface area (Å²) in [5.41, 5.74) is 3.47. The molecule has 0 saturated carbocycles. The van der Waals surface area contributed by atoms with Gasteiger partial charge < -0.3 is 5.32 Å². The van der Waals surface area contributed by atoms with Crippen LogP contribution in [0.5, 0.6) is 0 Å². The van der Waals surface area contributed by atoms with Gasteiger partial charge in [-0.2, -0.15) is 0 Å². The first kappa shape index (κ1) is 18.1. The number of carbonyl (C=O) groups excluding carboxylic acids is 1. The zero-order valence-electron chi connectivity index (χ0n) is 14.7. The molecule has 2 aromatic carbocycles. The van der Waals surface area contributed by atoms with Crippen LogP contribution in [-0.4, -0.2) is 32.4 Å². The number of hydrogen-bond donors (Lipinski definition) is 1. The van der Waals surface area contributed by atoms with Gasteiger partial charge in [-0.25, -0.2) is 4.68 Å². The number of anilines is 1. The summed E-state index contributed by atoms with van der Waals surface area (Å²) in [6, 6.07) is 18.1. The Hall–Kier alpha value is -2.25. The van der Waals surface area contributed by atoms with E-state index in [1.54, 1.807) is 10.9 Å². The van der Waals surface area contributed by atoms with Crippen LogP contribution in [0.4, 0.5) is 5.69 Å². The summed E-state index contributed by atoms with van der Waals surface area (Å²) in [4.78, 5) is 12.5. The van der Waals surface area contributed by atoms with Crippen LogP contribution in [0.25, 0.3) is 0 Å². The van der Waals surface area contributed by atoms with Crippen LogP contribution in [0, 0.1) is 0 Å². The van der Waals surface area contributed by atoms with Gasteiger partial charge in [-0.1, -0.05) is 47.7 Å². The van der Waals surface area contributed by atoms with Crippen LogP contribution >= 0.6 is 23.5 Å². The van der Waals surface area contributed by atoms with E-state index in [2.05, 4.69) is 27.8 Å².